The topological polar surface area (TPSA) is 108 Å². The SMILES string of the molecule is C=CCN1C(=O)[C@]2(O[C@H](CC(=O)N3CCC[C@H]3CO)[C@@H]([Si](C)(C)c3ccc(OC)cc3)[C@@H]2C)c2cc(NC(=O)c3ccccc3)ccc21. The van der Waals surface area contributed by atoms with E-state index in [-0.39, 0.29) is 48.3 Å². The molecule has 2 fully saturated rings. The minimum absolute atomic E-state index is 0.0668. The Balaban J connectivity index is 1.44. The van der Waals surface area contributed by atoms with E-state index in [4.69, 9.17) is 9.47 Å². The van der Waals surface area contributed by atoms with Crippen molar-refractivity contribution in [1.82, 2.24) is 4.90 Å². The number of likely N-dealkylation sites (tertiary alicyclic amines) is 1. The molecule has 3 amide bonds. The molecule has 48 heavy (non-hydrogen) atoms. The molecule has 252 valence electrons. The fourth-order valence-corrected chi connectivity index (χ4v) is 12.3. The third-order valence-electron chi connectivity index (χ3n) is 10.7. The van der Waals surface area contributed by atoms with Gasteiger partial charge in [0.1, 0.15) is 5.75 Å². The zero-order valence-electron chi connectivity index (χ0n) is 28.1. The molecule has 0 aromatic heterocycles. The number of aliphatic hydroxyl groups excluding tert-OH is 1. The zero-order chi connectivity index (χ0) is 34.2. The molecule has 3 aliphatic heterocycles. The number of aliphatic hydroxyl groups is 1. The molecule has 2 saturated heterocycles. The van der Waals surface area contributed by atoms with Crippen molar-refractivity contribution in [2.75, 3.05) is 37.0 Å². The first-order chi connectivity index (χ1) is 23.1. The zero-order valence-corrected chi connectivity index (χ0v) is 29.1. The van der Waals surface area contributed by atoms with Crippen molar-refractivity contribution in [3.63, 3.8) is 0 Å². The van der Waals surface area contributed by atoms with Gasteiger partial charge in [-0.3, -0.25) is 14.4 Å². The summed E-state index contributed by atoms with van der Waals surface area (Å²) in [5, 5.41) is 14.2. The second-order valence-electron chi connectivity index (χ2n) is 13.7. The number of hydrogen-bond donors (Lipinski definition) is 2. The molecule has 0 unspecified atom stereocenters. The smallest absolute Gasteiger partial charge is 0.264 e. The molecule has 3 aliphatic rings. The average Bonchev–Trinajstić information content (AvgIpc) is 3.76. The number of hydrogen-bond acceptors (Lipinski definition) is 6. The van der Waals surface area contributed by atoms with Crippen LogP contribution in [0.1, 0.15) is 42.1 Å². The molecule has 3 aromatic carbocycles. The molecular weight excluding hydrogens is 623 g/mol. The number of carbonyl (C=O) groups excluding carboxylic acids is 3. The van der Waals surface area contributed by atoms with Crippen molar-refractivity contribution >= 4 is 42.4 Å². The normalized spacial score (nSPS) is 25.0. The molecule has 6 rings (SSSR count). The minimum atomic E-state index is -2.47. The Morgan fingerprint density at radius 2 is 1.85 bits per heavy atom. The molecule has 5 atom stereocenters. The molecule has 1 spiro atoms. The molecule has 10 heteroatoms. The van der Waals surface area contributed by atoms with Crippen LogP contribution in [0.15, 0.2) is 85.5 Å². The molecule has 0 radical (unpaired) electrons. The second kappa shape index (κ2) is 13.3. The summed E-state index contributed by atoms with van der Waals surface area (Å²) in [5.41, 5.74) is 0.960. The van der Waals surface area contributed by atoms with Crippen LogP contribution in [0.5, 0.6) is 5.75 Å². The van der Waals surface area contributed by atoms with Gasteiger partial charge < -0.3 is 29.7 Å². The number of ether oxygens (including phenoxy) is 2. The van der Waals surface area contributed by atoms with Gasteiger partial charge in [-0.05, 0) is 60.8 Å². The van der Waals surface area contributed by atoms with Gasteiger partial charge in [-0.1, -0.05) is 61.6 Å². The highest BCUT2D eigenvalue weighted by atomic mass is 28.3. The van der Waals surface area contributed by atoms with Gasteiger partial charge in [0.2, 0.25) is 5.91 Å². The summed E-state index contributed by atoms with van der Waals surface area (Å²) < 4.78 is 12.6. The maximum atomic E-state index is 14.8. The lowest BCUT2D eigenvalue weighted by Gasteiger charge is -2.37. The Labute approximate surface area is 283 Å². The van der Waals surface area contributed by atoms with E-state index < -0.39 is 19.8 Å². The van der Waals surface area contributed by atoms with Gasteiger partial charge >= 0.3 is 0 Å². The second-order valence-corrected chi connectivity index (χ2v) is 18.4. The quantitative estimate of drug-likeness (QED) is 0.231. The van der Waals surface area contributed by atoms with E-state index in [0.717, 1.165) is 18.6 Å². The monoisotopic (exact) mass is 667 g/mol. The van der Waals surface area contributed by atoms with Crippen LogP contribution in [-0.4, -0.2) is 74.8 Å². The molecule has 3 heterocycles. The predicted molar refractivity (Wildman–Crippen MR) is 189 cm³/mol. The van der Waals surface area contributed by atoms with Crippen molar-refractivity contribution in [2.24, 2.45) is 5.92 Å². The van der Waals surface area contributed by atoms with Gasteiger partial charge in [0.15, 0.2) is 5.60 Å². The third-order valence-corrected chi connectivity index (χ3v) is 15.1. The highest BCUT2D eigenvalue weighted by Crippen LogP contribution is 2.60. The number of rotatable bonds is 10. The van der Waals surface area contributed by atoms with E-state index in [1.165, 1.54) is 5.19 Å². The Morgan fingerprint density at radius 3 is 2.52 bits per heavy atom. The van der Waals surface area contributed by atoms with Crippen LogP contribution in [0.25, 0.3) is 0 Å². The number of nitrogens with zero attached hydrogens (tertiary/aromatic N) is 2. The first kappa shape index (κ1) is 33.6. The lowest BCUT2D eigenvalue weighted by atomic mass is 9.82. The van der Waals surface area contributed by atoms with Crippen molar-refractivity contribution in [2.45, 2.75) is 62.6 Å². The maximum absolute atomic E-state index is 14.8. The van der Waals surface area contributed by atoms with E-state index in [2.05, 4.69) is 44.0 Å². The summed E-state index contributed by atoms with van der Waals surface area (Å²) in [5.74, 6) is -0.0622. The Kier molecular flexibility index (Phi) is 9.35. The van der Waals surface area contributed by atoms with Crippen LogP contribution in [0, 0.1) is 5.92 Å². The van der Waals surface area contributed by atoms with E-state index in [0.29, 0.717) is 35.6 Å². The van der Waals surface area contributed by atoms with E-state index in [1.54, 1.807) is 41.2 Å². The summed E-state index contributed by atoms with van der Waals surface area (Å²) in [7, 11) is -0.829. The average molecular weight is 668 g/mol. The number of carbonyl (C=O) groups is 3. The number of benzene rings is 3. The Morgan fingerprint density at radius 1 is 1.12 bits per heavy atom. The minimum Gasteiger partial charge on any atom is -0.497 e. The molecule has 9 nitrogen and oxygen atoms in total. The maximum Gasteiger partial charge on any atom is 0.264 e. The van der Waals surface area contributed by atoms with Crippen molar-refractivity contribution in [3.8, 4) is 5.75 Å². The van der Waals surface area contributed by atoms with Crippen LogP contribution >= 0.6 is 0 Å². The van der Waals surface area contributed by atoms with Crippen molar-refractivity contribution in [3.05, 3.63) is 96.6 Å². The van der Waals surface area contributed by atoms with E-state index in [9.17, 15) is 19.5 Å². The first-order valence-electron chi connectivity index (χ1n) is 16.7. The molecule has 0 aliphatic carbocycles. The van der Waals surface area contributed by atoms with Crippen LogP contribution in [-0.2, 0) is 19.9 Å². The highest BCUT2D eigenvalue weighted by molar-refractivity contribution is 6.91. The van der Waals surface area contributed by atoms with Gasteiger partial charge in [-0.2, -0.15) is 0 Å². The summed E-state index contributed by atoms with van der Waals surface area (Å²) in [4.78, 5) is 45.4. The lowest BCUT2D eigenvalue weighted by Crippen LogP contribution is -2.52. The van der Waals surface area contributed by atoms with Gasteiger partial charge in [-0.25, -0.2) is 0 Å². The van der Waals surface area contributed by atoms with Crippen LogP contribution in [0.2, 0.25) is 18.6 Å². The van der Waals surface area contributed by atoms with E-state index in [1.807, 2.05) is 42.5 Å². The lowest BCUT2D eigenvalue weighted by molar-refractivity contribution is -0.149. The van der Waals surface area contributed by atoms with Gasteiger partial charge in [0, 0.05) is 35.8 Å². The Bertz CT molecular complexity index is 1700. The van der Waals surface area contributed by atoms with Crippen molar-refractivity contribution in [1.29, 1.82) is 0 Å². The summed E-state index contributed by atoms with van der Waals surface area (Å²) in [6.07, 6.45) is 2.86. The fourth-order valence-electron chi connectivity index (χ4n) is 8.34. The summed E-state index contributed by atoms with van der Waals surface area (Å²) in [6.45, 7) is 11.4. The van der Waals surface area contributed by atoms with Gasteiger partial charge in [0.05, 0.1) is 46.0 Å². The molecule has 0 saturated carbocycles. The number of nitrogens with one attached hydrogen (secondary N) is 1. The molecule has 3 aromatic rings. The summed E-state index contributed by atoms with van der Waals surface area (Å²) >= 11 is 0. The van der Waals surface area contributed by atoms with Gasteiger partial charge in [0.25, 0.3) is 11.8 Å². The number of fused-ring (bicyclic) bond motifs is 2. The van der Waals surface area contributed by atoms with Crippen molar-refractivity contribution < 1.29 is 29.0 Å². The highest BCUT2D eigenvalue weighted by Gasteiger charge is 2.66. The first-order valence-corrected chi connectivity index (χ1v) is 19.8. The third kappa shape index (κ3) is 5.65. The standard InChI is InChI=1S/C38H45N3O6Si/c1-6-20-41-32-19-14-27(39-36(44)26-11-8-7-9-12-26)22-31(32)38(37(41)45)25(2)35(48(4,5)30-17-15-29(46-3)16-18-30)33(47-38)23-34(43)40-21-10-13-28(40)24-42/h6-9,11-12,14-19,22,25,28,33,35,42H,1,10,13,20-21,23-24H2,2-5H3,(H,39,44)/t25-,28-,33+,35-,38+/m0/s1. The largest absolute Gasteiger partial charge is 0.497 e. The number of amides is 3. The predicted octanol–water partition coefficient (Wildman–Crippen LogP) is 5.07. The Hall–Kier alpha value is -4.25. The fraction of sp³-hybridized carbons (Fsp3) is 0.395. The van der Waals surface area contributed by atoms with Crippen LogP contribution in [0.3, 0.4) is 0 Å². The van der Waals surface area contributed by atoms with Crippen LogP contribution in [0.4, 0.5) is 11.4 Å². The molecule has 0 bridgehead atoms. The number of anilines is 2. The molecular formula is C38H45N3O6Si. The van der Waals surface area contributed by atoms with E-state index >= 15 is 0 Å². The van der Waals surface area contributed by atoms with Crippen LogP contribution < -0.4 is 20.1 Å². The number of methoxy groups -OCH3 is 1. The summed E-state index contributed by atoms with van der Waals surface area (Å²) in [6, 6.07) is 22.4. The van der Waals surface area contributed by atoms with Gasteiger partial charge in [-0.15, -0.1) is 6.58 Å². The molecule has 2 N–H and O–H groups in total.